The zero-order chi connectivity index (χ0) is 27.3. The van der Waals surface area contributed by atoms with E-state index in [1.54, 1.807) is 18.2 Å². The van der Waals surface area contributed by atoms with E-state index >= 15 is 0 Å². The Hall–Kier alpha value is -5.77. The summed E-state index contributed by atoms with van der Waals surface area (Å²) < 4.78 is 0. The van der Waals surface area contributed by atoms with Gasteiger partial charge < -0.3 is 42.6 Å². The van der Waals surface area contributed by atoms with Crippen LogP contribution in [0.3, 0.4) is 0 Å². The summed E-state index contributed by atoms with van der Waals surface area (Å²) in [6.45, 7) is 0. The Morgan fingerprint density at radius 2 is 1.31 bits per heavy atom. The van der Waals surface area contributed by atoms with Crippen molar-refractivity contribution in [3.63, 3.8) is 0 Å². The van der Waals surface area contributed by atoms with E-state index in [4.69, 9.17) is 27.2 Å². The molecule has 13 heteroatoms. The van der Waals surface area contributed by atoms with Crippen molar-refractivity contribution in [3.8, 4) is 23.0 Å². The van der Waals surface area contributed by atoms with Crippen LogP contribution in [0.15, 0.2) is 66.7 Å². The highest BCUT2D eigenvalue weighted by molar-refractivity contribution is 6.49. The fraction of sp³-hybridized carbons (Fsp3) is 0. The quantitative estimate of drug-likeness (QED) is 0.0964. The number of para-hydroxylation sites is 1. The summed E-state index contributed by atoms with van der Waals surface area (Å²) in [7, 11) is 0. The van der Waals surface area contributed by atoms with Crippen LogP contribution < -0.4 is 0 Å². The number of hydrogen-bond acceptors (Lipinski definition) is 7. The molecule has 3 aromatic rings. The van der Waals surface area contributed by atoms with Crippen molar-refractivity contribution in [1.29, 1.82) is 0 Å². The Bertz CT molecular complexity index is 1380. The van der Waals surface area contributed by atoms with Crippen LogP contribution in [0.2, 0.25) is 0 Å². The first-order valence-corrected chi connectivity index (χ1v) is 9.53. The molecule has 0 spiro atoms. The van der Waals surface area contributed by atoms with Crippen LogP contribution in [-0.4, -0.2) is 37.8 Å². The second-order valence-corrected chi connectivity index (χ2v) is 6.50. The lowest BCUT2D eigenvalue weighted by Crippen LogP contribution is -2.15. The molecule has 0 unspecified atom stereocenters. The van der Waals surface area contributed by atoms with Gasteiger partial charge in [-0.05, 0) is 35.9 Å². The number of ketones is 3. The maximum absolute atomic E-state index is 12.0. The number of allylic oxidation sites excluding steroid dienone is 1. The van der Waals surface area contributed by atoms with Gasteiger partial charge in [-0.3, -0.25) is 24.2 Å². The number of Topliss-reactive ketones (excluding diaryl/α,β-unsaturated/α-hetero) is 1. The fourth-order valence-electron chi connectivity index (χ4n) is 2.79. The van der Waals surface area contributed by atoms with Crippen molar-refractivity contribution in [2.24, 2.45) is 0 Å². The molecule has 3 aromatic carbocycles. The molecule has 0 saturated heterocycles. The summed E-state index contributed by atoms with van der Waals surface area (Å²) >= 11 is 0. The Kier molecular flexibility index (Phi) is 10.8. The van der Waals surface area contributed by atoms with Crippen LogP contribution in [0.1, 0.15) is 31.8 Å². The van der Waals surface area contributed by atoms with E-state index in [0.717, 1.165) is 11.6 Å². The van der Waals surface area contributed by atoms with Crippen LogP contribution in [0.25, 0.3) is 38.0 Å². The first-order valence-electron chi connectivity index (χ1n) is 9.53. The monoisotopic (exact) mass is 488 g/mol. The maximum Gasteiger partial charge on any atom is 0.233 e. The maximum atomic E-state index is 12.0. The molecule has 0 saturated carbocycles. The third kappa shape index (κ3) is 7.39. The van der Waals surface area contributed by atoms with Gasteiger partial charge in [-0.25, -0.2) is 0 Å². The van der Waals surface area contributed by atoms with Crippen molar-refractivity contribution in [2.45, 2.75) is 0 Å². The highest BCUT2D eigenvalue weighted by Crippen LogP contribution is 2.32. The fourth-order valence-corrected chi connectivity index (χ4v) is 2.79. The summed E-state index contributed by atoms with van der Waals surface area (Å²) in [5.41, 5.74) is 28.1. The second-order valence-electron chi connectivity index (χ2n) is 6.50. The lowest BCUT2D eigenvalue weighted by atomic mass is 9.96. The normalized spacial score (nSPS) is 10.4. The largest absolute Gasteiger partial charge is 0.508 e. The first-order chi connectivity index (χ1) is 17.1. The average Bonchev–Trinajstić information content (AvgIpc) is 2.84. The van der Waals surface area contributed by atoms with Crippen LogP contribution >= 0.6 is 0 Å². The minimum Gasteiger partial charge on any atom is -0.508 e. The van der Waals surface area contributed by atoms with Crippen molar-refractivity contribution in [2.75, 3.05) is 0 Å². The Labute approximate surface area is 202 Å². The molecule has 13 nitrogen and oxygen atoms in total. The SMILES string of the molecule is O=C(c1ccc(O)cc1O)c1cccc(O)c1O.O=C1C=Cc2ccccc2C1=O.[N-]=[N+]=[N-].[N-]=[N+]=[N-]. The van der Waals surface area contributed by atoms with Gasteiger partial charge in [-0.2, -0.15) is 0 Å². The predicted octanol–water partition coefficient (Wildman–Crippen LogP) is 4.94. The van der Waals surface area contributed by atoms with Gasteiger partial charge in [0.05, 0.1) is 11.1 Å². The number of phenolic OH excluding ortho intramolecular Hbond substituents is 4. The Balaban J connectivity index is 0.000000309. The zero-order valence-corrected chi connectivity index (χ0v) is 18.1. The first kappa shape index (κ1) is 28.3. The molecule has 36 heavy (non-hydrogen) atoms. The van der Waals surface area contributed by atoms with Crippen molar-refractivity contribution in [3.05, 3.63) is 121 Å². The van der Waals surface area contributed by atoms with Gasteiger partial charge >= 0.3 is 0 Å². The van der Waals surface area contributed by atoms with Gasteiger partial charge in [0.2, 0.25) is 17.3 Å². The number of aromatic hydroxyl groups is 4. The Morgan fingerprint density at radius 1 is 0.694 bits per heavy atom. The standard InChI is InChI=1S/C13H10O5.C10H6O2.2N3/c14-7-4-5-8(11(16)6-7)12(17)9-2-1-3-10(15)13(9)18;11-9-6-5-7-3-1-2-4-8(7)10(9)12;2*1-3-2/h1-6,14-16,18H;1-6H;;/q;;2*-1. The van der Waals surface area contributed by atoms with E-state index in [1.165, 1.54) is 46.2 Å². The molecule has 0 aliphatic heterocycles. The zero-order valence-electron chi connectivity index (χ0n) is 18.1. The summed E-state index contributed by atoms with van der Waals surface area (Å²) in [5.74, 6) is -3.04. The molecule has 0 bridgehead atoms. The topological polar surface area (TPSA) is 250 Å². The molecule has 0 atom stereocenters. The second kappa shape index (κ2) is 13.7. The lowest BCUT2D eigenvalue weighted by Gasteiger charge is -2.07. The van der Waals surface area contributed by atoms with E-state index in [1.807, 2.05) is 12.1 Å². The predicted molar refractivity (Wildman–Crippen MR) is 128 cm³/mol. The van der Waals surface area contributed by atoms with Gasteiger partial charge in [0.15, 0.2) is 11.5 Å². The number of nitrogens with zero attached hydrogens (tertiary/aromatic N) is 6. The molecule has 182 valence electrons. The number of carbonyl (C=O) groups is 3. The molecule has 0 fully saturated rings. The smallest absolute Gasteiger partial charge is 0.233 e. The number of benzene rings is 3. The molecule has 0 heterocycles. The van der Waals surface area contributed by atoms with Crippen molar-refractivity contribution >= 4 is 23.4 Å². The van der Waals surface area contributed by atoms with E-state index in [9.17, 15) is 29.7 Å². The van der Waals surface area contributed by atoms with Gasteiger partial charge in [0, 0.05) is 11.6 Å². The Morgan fingerprint density at radius 3 is 1.92 bits per heavy atom. The van der Waals surface area contributed by atoms with E-state index in [0.29, 0.717) is 5.56 Å². The summed E-state index contributed by atoms with van der Waals surface area (Å²) in [5, 5.41) is 37.6. The van der Waals surface area contributed by atoms with Crippen LogP contribution in [-0.2, 0) is 4.79 Å². The van der Waals surface area contributed by atoms with Crippen molar-refractivity contribution < 1.29 is 34.8 Å². The summed E-state index contributed by atoms with van der Waals surface area (Å²) in [6.07, 6.45) is 2.98. The molecule has 4 rings (SSSR count). The number of carbonyl (C=O) groups excluding carboxylic acids is 3. The minimum atomic E-state index is -0.652. The average molecular weight is 488 g/mol. The van der Waals surface area contributed by atoms with Gasteiger partial charge in [-0.15, -0.1) is 0 Å². The minimum absolute atomic E-state index is 0.0753. The molecule has 0 amide bonds. The summed E-state index contributed by atoms with van der Waals surface area (Å²) in [4.78, 5) is 37.2. The highest BCUT2D eigenvalue weighted by Gasteiger charge is 2.20. The third-order valence-corrected chi connectivity index (χ3v) is 4.33. The van der Waals surface area contributed by atoms with Crippen LogP contribution in [0.4, 0.5) is 0 Å². The molecule has 0 aromatic heterocycles. The molecule has 4 N–H and O–H groups in total. The number of phenols is 4. The van der Waals surface area contributed by atoms with Crippen LogP contribution in [0.5, 0.6) is 23.0 Å². The van der Waals surface area contributed by atoms with E-state index in [-0.39, 0.29) is 16.9 Å². The van der Waals surface area contributed by atoms with E-state index in [2.05, 4.69) is 0 Å². The molecule has 0 radical (unpaired) electrons. The van der Waals surface area contributed by atoms with Crippen molar-refractivity contribution in [1.82, 2.24) is 0 Å². The number of hydrogen-bond donors (Lipinski definition) is 4. The van der Waals surface area contributed by atoms with Gasteiger partial charge in [0.1, 0.15) is 11.5 Å². The lowest BCUT2D eigenvalue weighted by molar-refractivity contribution is -0.110. The number of rotatable bonds is 2. The van der Waals surface area contributed by atoms with Crippen LogP contribution in [0, 0.1) is 0 Å². The number of fused-ring (bicyclic) bond motifs is 1. The summed E-state index contributed by atoms with van der Waals surface area (Å²) in [6, 6.07) is 14.5. The molecule has 1 aliphatic rings. The molecular weight excluding hydrogens is 472 g/mol. The van der Waals surface area contributed by atoms with E-state index < -0.39 is 34.6 Å². The highest BCUT2D eigenvalue weighted by atomic mass is 16.3. The molecule has 1 aliphatic carbocycles. The molecular formula is C23H16N6O7-2. The third-order valence-electron chi connectivity index (χ3n) is 4.33. The van der Waals surface area contributed by atoms with Gasteiger partial charge in [-0.1, -0.05) is 36.4 Å². The van der Waals surface area contributed by atoms with Gasteiger partial charge in [0.25, 0.3) is 0 Å².